The lowest BCUT2D eigenvalue weighted by molar-refractivity contribution is -0.384. The molecule has 1 amide bonds. The topological polar surface area (TPSA) is 125 Å². The number of esters is 1. The first-order valence-corrected chi connectivity index (χ1v) is 7.91. The molecule has 0 fully saturated rings. The molecule has 0 bridgehead atoms. The van der Waals surface area contributed by atoms with E-state index in [9.17, 15) is 24.5 Å². The van der Waals surface area contributed by atoms with Gasteiger partial charge in [0, 0.05) is 25.1 Å². The van der Waals surface area contributed by atoms with Gasteiger partial charge in [0.25, 0.3) is 5.69 Å². The molecular weight excluding hydrogens is 352 g/mol. The highest BCUT2D eigenvalue weighted by Crippen LogP contribution is 2.12. The van der Waals surface area contributed by atoms with Gasteiger partial charge in [0.1, 0.15) is 13.2 Å². The van der Waals surface area contributed by atoms with Crippen molar-refractivity contribution in [2.75, 3.05) is 13.2 Å². The van der Waals surface area contributed by atoms with E-state index in [1.54, 1.807) is 0 Å². The van der Waals surface area contributed by atoms with Crippen LogP contribution in [-0.4, -0.2) is 35.3 Å². The maximum atomic E-state index is 11.4. The average molecular weight is 368 g/mol. The van der Waals surface area contributed by atoms with Crippen LogP contribution in [-0.2, 0) is 25.7 Å². The number of benzene rings is 1. The van der Waals surface area contributed by atoms with E-state index in [2.05, 4.69) is 5.32 Å². The first-order valence-electron chi connectivity index (χ1n) is 7.03. The van der Waals surface area contributed by atoms with Crippen molar-refractivity contribution >= 4 is 34.6 Å². The molecule has 1 aromatic carbocycles. The number of rotatable bonds is 8. The molecule has 0 unspecified atom stereocenters. The standard InChI is InChI=1S/C15H16N2O7S/c1-11(18)25-9-6-14(19)23-8-7-16-15(20)24-10-12-2-4-13(5-3-12)17(21)22/h2-6,9H,7-8,10H2,1H3,(H,16,20). The number of carbonyl (C=O) groups is 3. The number of nitrogens with one attached hydrogen (secondary N) is 1. The van der Waals surface area contributed by atoms with Gasteiger partial charge in [-0.1, -0.05) is 11.8 Å². The van der Waals surface area contributed by atoms with Crippen molar-refractivity contribution in [1.29, 1.82) is 0 Å². The van der Waals surface area contributed by atoms with Gasteiger partial charge in [-0.2, -0.15) is 0 Å². The zero-order chi connectivity index (χ0) is 18.7. The van der Waals surface area contributed by atoms with E-state index in [0.29, 0.717) is 5.56 Å². The summed E-state index contributed by atoms with van der Waals surface area (Å²) in [5.41, 5.74) is 0.547. The minimum absolute atomic E-state index is 0.0470. The second-order valence-electron chi connectivity index (χ2n) is 4.51. The summed E-state index contributed by atoms with van der Waals surface area (Å²) in [7, 11) is 0. The van der Waals surface area contributed by atoms with Gasteiger partial charge in [-0.05, 0) is 23.1 Å². The van der Waals surface area contributed by atoms with Crippen LogP contribution in [0.2, 0.25) is 0 Å². The Morgan fingerprint density at radius 2 is 1.92 bits per heavy atom. The van der Waals surface area contributed by atoms with E-state index in [0.717, 1.165) is 17.8 Å². The molecule has 1 N–H and O–H groups in total. The van der Waals surface area contributed by atoms with Crippen LogP contribution in [0.15, 0.2) is 35.7 Å². The Morgan fingerprint density at radius 3 is 2.52 bits per heavy atom. The summed E-state index contributed by atoms with van der Waals surface area (Å²) in [5.74, 6) is -0.630. The molecule has 10 heteroatoms. The number of hydrogen-bond acceptors (Lipinski definition) is 8. The first-order chi connectivity index (χ1) is 11.9. The van der Waals surface area contributed by atoms with Crippen LogP contribution in [0.25, 0.3) is 0 Å². The SMILES string of the molecule is CC(=O)SC=CC(=O)OCCNC(=O)OCc1ccc([N+](=O)[O-])cc1. The zero-order valence-corrected chi connectivity index (χ0v) is 14.1. The molecule has 0 saturated carbocycles. The third kappa shape index (κ3) is 9.11. The van der Waals surface area contributed by atoms with Gasteiger partial charge in [-0.25, -0.2) is 9.59 Å². The summed E-state index contributed by atoms with van der Waals surface area (Å²) in [6.45, 7) is 1.32. The highest BCUT2D eigenvalue weighted by molar-refractivity contribution is 8.16. The van der Waals surface area contributed by atoms with Crippen LogP contribution >= 0.6 is 11.8 Å². The zero-order valence-electron chi connectivity index (χ0n) is 13.3. The molecule has 1 aromatic rings. The lowest BCUT2D eigenvalue weighted by Crippen LogP contribution is -2.28. The van der Waals surface area contributed by atoms with E-state index in [4.69, 9.17) is 9.47 Å². The number of nitro groups is 1. The van der Waals surface area contributed by atoms with Crippen molar-refractivity contribution in [3.05, 3.63) is 51.4 Å². The number of nitro benzene ring substituents is 1. The quantitative estimate of drug-likeness (QED) is 0.243. The monoisotopic (exact) mass is 368 g/mol. The Hall–Kier alpha value is -2.88. The summed E-state index contributed by atoms with van der Waals surface area (Å²) < 4.78 is 9.70. The molecule has 0 aromatic heterocycles. The summed E-state index contributed by atoms with van der Waals surface area (Å²) in [5, 5.41) is 14.1. The van der Waals surface area contributed by atoms with Crippen LogP contribution in [0.5, 0.6) is 0 Å². The van der Waals surface area contributed by atoms with Gasteiger partial charge >= 0.3 is 12.1 Å². The Labute approximate surface area is 147 Å². The Kier molecular flexibility index (Phi) is 8.72. The van der Waals surface area contributed by atoms with Crippen LogP contribution in [0.3, 0.4) is 0 Å². The lowest BCUT2D eigenvalue weighted by atomic mass is 10.2. The highest BCUT2D eigenvalue weighted by atomic mass is 32.2. The Balaban J connectivity index is 2.18. The smallest absolute Gasteiger partial charge is 0.407 e. The van der Waals surface area contributed by atoms with Crippen molar-refractivity contribution in [2.45, 2.75) is 13.5 Å². The van der Waals surface area contributed by atoms with Crippen LogP contribution < -0.4 is 5.32 Å². The number of hydrogen-bond donors (Lipinski definition) is 1. The second kappa shape index (κ2) is 10.8. The molecule has 0 radical (unpaired) electrons. The van der Waals surface area contributed by atoms with Crippen molar-refractivity contribution in [2.24, 2.45) is 0 Å². The molecule has 0 aliphatic rings. The van der Waals surface area contributed by atoms with Crippen molar-refractivity contribution < 1.29 is 28.8 Å². The van der Waals surface area contributed by atoms with E-state index in [-0.39, 0.29) is 30.6 Å². The van der Waals surface area contributed by atoms with E-state index in [1.807, 2.05) is 0 Å². The number of carbonyl (C=O) groups excluding carboxylic acids is 3. The lowest BCUT2D eigenvalue weighted by Gasteiger charge is -2.07. The number of alkyl carbamates (subject to hydrolysis) is 1. The largest absolute Gasteiger partial charge is 0.461 e. The molecule has 0 aliphatic carbocycles. The maximum Gasteiger partial charge on any atom is 0.407 e. The van der Waals surface area contributed by atoms with Gasteiger partial charge in [0.2, 0.25) is 0 Å². The van der Waals surface area contributed by atoms with Crippen LogP contribution in [0.4, 0.5) is 10.5 Å². The summed E-state index contributed by atoms with van der Waals surface area (Å²) in [4.78, 5) is 43.3. The minimum atomic E-state index is -0.711. The van der Waals surface area contributed by atoms with Crippen LogP contribution in [0, 0.1) is 10.1 Å². The fourth-order valence-corrected chi connectivity index (χ4v) is 1.82. The summed E-state index contributed by atoms with van der Waals surface area (Å²) in [6.07, 6.45) is 0.399. The molecular formula is C15H16N2O7S. The predicted octanol–water partition coefficient (Wildman–Crippen LogP) is 2.16. The molecule has 0 atom stereocenters. The van der Waals surface area contributed by atoms with Crippen LogP contribution in [0.1, 0.15) is 12.5 Å². The van der Waals surface area contributed by atoms with Gasteiger partial charge in [-0.15, -0.1) is 0 Å². The number of amides is 1. The fourth-order valence-electron chi connectivity index (χ4n) is 1.45. The number of non-ortho nitro benzene ring substituents is 1. The summed E-state index contributed by atoms with van der Waals surface area (Å²) >= 11 is 0.863. The average Bonchev–Trinajstić information content (AvgIpc) is 2.57. The number of thioether (sulfide) groups is 1. The van der Waals surface area contributed by atoms with Gasteiger partial charge in [-0.3, -0.25) is 14.9 Å². The van der Waals surface area contributed by atoms with E-state index < -0.39 is 17.0 Å². The predicted molar refractivity (Wildman–Crippen MR) is 89.7 cm³/mol. The molecule has 0 aliphatic heterocycles. The highest BCUT2D eigenvalue weighted by Gasteiger charge is 2.06. The number of ether oxygens (including phenoxy) is 2. The third-order valence-corrected chi connectivity index (χ3v) is 3.18. The van der Waals surface area contributed by atoms with Crippen molar-refractivity contribution in [3.8, 4) is 0 Å². The minimum Gasteiger partial charge on any atom is -0.461 e. The molecule has 1 rings (SSSR count). The Bertz CT molecular complexity index is 658. The maximum absolute atomic E-state index is 11.4. The molecule has 9 nitrogen and oxygen atoms in total. The Morgan fingerprint density at radius 1 is 1.24 bits per heavy atom. The first kappa shape index (κ1) is 20.2. The third-order valence-electron chi connectivity index (χ3n) is 2.57. The number of nitrogens with zero attached hydrogens (tertiary/aromatic N) is 1. The van der Waals surface area contributed by atoms with E-state index >= 15 is 0 Å². The summed E-state index contributed by atoms with van der Waals surface area (Å²) in [6, 6.07) is 5.60. The second-order valence-corrected chi connectivity index (χ2v) is 5.59. The fraction of sp³-hybridized carbons (Fsp3) is 0.267. The molecule has 0 heterocycles. The molecule has 134 valence electrons. The molecule has 0 saturated heterocycles. The van der Waals surface area contributed by atoms with E-state index in [1.165, 1.54) is 36.6 Å². The van der Waals surface area contributed by atoms with Gasteiger partial charge in [0.15, 0.2) is 5.12 Å². The van der Waals surface area contributed by atoms with Crippen molar-refractivity contribution in [3.63, 3.8) is 0 Å². The van der Waals surface area contributed by atoms with Crippen molar-refractivity contribution in [1.82, 2.24) is 5.32 Å². The van der Waals surface area contributed by atoms with Gasteiger partial charge in [0.05, 0.1) is 11.5 Å². The molecule has 0 spiro atoms. The van der Waals surface area contributed by atoms with Gasteiger partial charge < -0.3 is 14.8 Å². The normalized spacial score (nSPS) is 10.3. The molecule has 25 heavy (non-hydrogen) atoms.